The highest BCUT2D eigenvalue weighted by Gasteiger charge is 2.20. The van der Waals surface area contributed by atoms with Gasteiger partial charge in [0.15, 0.2) is 5.96 Å². The lowest BCUT2D eigenvalue weighted by atomic mass is 10.1. The molecule has 0 saturated heterocycles. The van der Waals surface area contributed by atoms with Crippen LogP contribution in [0.5, 0.6) is 0 Å². The largest absolute Gasteiger partial charge is 0.355 e. The van der Waals surface area contributed by atoms with Gasteiger partial charge in [0.25, 0.3) is 0 Å². The highest BCUT2D eigenvalue weighted by atomic mass is 35.5. The molecule has 1 aromatic rings. The van der Waals surface area contributed by atoms with E-state index in [1.54, 1.807) is 0 Å². The van der Waals surface area contributed by atoms with Crippen LogP contribution in [0.15, 0.2) is 23.2 Å². The normalized spacial score (nSPS) is 17.5. The summed E-state index contributed by atoms with van der Waals surface area (Å²) in [5.41, 5.74) is 2.02. The lowest BCUT2D eigenvalue weighted by Crippen LogP contribution is -2.46. The van der Waals surface area contributed by atoms with Crippen LogP contribution in [0.3, 0.4) is 0 Å². The van der Waals surface area contributed by atoms with E-state index in [4.69, 9.17) is 11.6 Å². The average Bonchev–Trinajstić information content (AvgIpc) is 2.42. The lowest BCUT2D eigenvalue weighted by molar-refractivity contribution is 0.178. The zero-order valence-electron chi connectivity index (χ0n) is 14.2. The van der Waals surface area contributed by atoms with E-state index < -0.39 is 0 Å². The summed E-state index contributed by atoms with van der Waals surface area (Å²) in [5.74, 6) is 0.828. The number of nitrogens with one attached hydrogen (secondary N) is 2. The molecule has 1 aliphatic rings. The molecule has 0 aliphatic carbocycles. The van der Waals surface area contributed by atoms with Gasteiger partial charge in [0.2, 0.25) is 0 Å². The summed E-state index contributed by atoms with van der Waals surface area (Å²) in [6, 6.07) is 7.11. The van der Waals surface area contributed by atoms with Crippen LogP contribution in [0.25, 0.3) is 0 Å². The number of halogens is 1. The second-order valence-corrected chi connectivity index (χ2v) is 6.76. The Morgan fingerprint density at radius 2 is 1.95 bits per heavy atom. The van der Waals surface area contributed by atoms with Crippen molar-refractivity contribution in [2.24, 2.45) is 4.99 Å². The van der Waals surface area contributed by atoms with E-state index in [0.29, 0.717) is 12.1 Å². The summed E-state index contributed by atoms with van der Waals surface area (Å²) >= 11 is 6.26. The van der Waals surface area contributed by atoms with Crippen LogP contribution in [0, 0.1) is 0 Å². The summed E-state index contributed by atoms with van der Waals surface area (Å²) in [6.45, 7) is 12.9. The van der Waals surface area contributed by atoms with E-state index >= 15 is 0 Å². The van der Waals surface area contributed by atoms with Crippen molar-refractivity contribution in [3.63, 3.8) is 0 Å². The fourth-order valence-corrected chi connectivity index (χ4v) is 3.32. The topological polar surface area (TPSA) is 39.7 Å². The third-order valence-electron chi connectivity index (χ3n) is 4.04. The van der Waals surface area contributed by atoms with Crippen molar-refractivity contribution in [2.45, 2.75) is 52.7 Å². The summed E-state index contributed by atoms with van der Waals surface area (Å²) < 4.78 is 0. The quantitative estimate of drug-likeness (QED) is 0.868. The predicted molar refractivity (Wildman–Crippen MR) is 95.1 cm³/mol. The fourth-order valence-electron chi connectivity index (χ4n) is 2.99. The van der Waals surface area contributed by atoms with Crippen molar-refractivity contribution in [1.29, 1.82) is 0 Å². The Bertz CT molecular complexity index is 531. The monoisotopic (exact) mass is 322 g/mol. The lowest BCUT2D eigenvalue weighted by Gasteiger charge is -2.31. The van der Waals surface area contributed by atoms with Gasteiger partial charge >= 0.3 is 0 Å². The first-order valence-electron chi connectivity index (χ1n) is 8.03. The maximum absolute atomic E-state index is 6.26. The number of hydrogen-bond donors (Lipinski definition) is 2. The Morgan fingerprint density at radius 3 is 2.59 bits per heavy atom. The highest BCUT2D eigenvalue weighted by Crippen LogP contribution is 2.34. The van der Waals surface area contributed by atoms with Crippen molar-refractivity contribution in [1.82, 2.24) is 15.5 Å². The highest BCUT2D eigenvalue weighted by molar-refractivity contribution is 6.31. The minimum absolute atomic E-state index is 0.162. The Labute approximate surface area is 138 Å². The van der Waals surface area contributed by atoms with Crippen molar-refractivity contribution >= 4 is 23.2 Å². The number of nitrogens with zero attached hydrogens (tertiary/aromatic N) is 2. The van der Waals surface area contributed by atoms with Crippen molar-refractivity contribution in [3.8, 4) is 0 Å². The number of guanidine groups is 1. The molecule has 4 nitrogen and oxygen atoms in total. The Morgan fingerprint density at radius 1 is 1.27 bits per heavy atom. The van der Waals surface area contributed by atoms with E-state index in [2.05, 4.69) is 55.1 Å². The third kappa shape index (κ3) is 3.93. The van der Waals surface area contributed by atoms with Crippen molar-refractivity contribution in [2.75, 3.05) is 13.1 Å². The maximum Gasteiger partial charge on any atom is 0.197 e. The molecule has 1 atom stereocenters. The molecule has 1 aliphatic heterocycles. The number of fused-ring (bicyclic) bond motifs is 1. The minimum Gasteiger partial charge on any atom is -0.355 e. The first-order valence-corrected chi connectivity index (χ1v) is 8.41. The molecule has 0 aromatic heterocycles. The second-order valence-electron chi connectivity index (χ2n) is 6.35. The molecule has 0 fully saturated rings. The Hall–Kier alpha value is -1.26. The van der Waals surface area contributed by atoms with Gasteiger partial charge in [0.05, 0.1) is 11.7 Å². The molecule has 2 rings (SSSR count). The smallest absolute Gasteiger partial charge is 0.197 e. The zero-order chi connectivity index (χ0) is 16.3. The summed E-state index contributed by atoms with van der Waals surface area (Å²) in [4.78, 5) is 7.10. The molecule has 1 aromatic carbocycles. The SMILES string of the molecule is CC1NC(NCCN(C(C)C)C(C)C)=Nc2cccc(Cl)c21. The van der Waals surface area contributed by atoms with Crippen LogP contribution in [0.2, 0.25) is 5.02 Å². The van der Waals surface area contributed by atoms with Gasteiger partial charge in [-0.3, -0.25) is 4.90 Å². The fraction of sp³-hybridized carbons (Fsp3) is 0.588. The molecule has 0 saturated carbocycles. The van der Waals surface area contributed by atoms with Crippen LogP contribution in [0.1, 0.15) is 46.2 Å². The van der Waals surface area contributed by atoms with Crippen molar-refractivity contribution < 1.29 is 0 Å². The molecule has 0 amide bonds. The number of aliphatic imine (C=N–C) groups is 1. The van der Waals surface area contributed by atoms with Crippen LogP contribution in [0.4, 0.5) is 5.69 Å². The molecule has 0 radical (unpaired) electrons. The van der Waals surface area contributed by atoms with Crippen LogP contribution in [-0.2, 0) is 0 Å². The molecule has 0 bridgehead atoms. The molecule has 0 spiro atoms. The molecule has 2 N–H and O–H groups in total. The van der Waals surface area contributed by atoms with Gasteiger partial charge in [-0.1, -0.05) is 17.7 Å². The van der Waals surface area contributed by atoms with E-state index in [9.17, 15) is 0 Å². The van der Waals surface area contributed by atoms with Gasteiger partial charge in [-0.05, 0) is 46.8 Å². The first kappa shape index (κ1) is 17.1. The second kappa shape index (κ2) is 7.34. The van der Waals surface area contributed by atoms with Crippen LogP contribution < -0.4 is 10.6 Å². The summed E-state index contributed by atoms with van der Waals surface area (Å²) in [5, 5.41) is 7.56. The predicted octanol–water partition coefficient (Wildman–Crippen LogP) is 3.70. The van der Waals surface area contributed by atoms with Crippen LogP contribution in [-0.4, -0.2) is 36.0 Å². The summed E-state index contributed by atoms with van der Waals surface area (Å²) in [6.07, 6.45) is 0. The number of benzene rings is 1. The minimum atomic E-state index is 0.162. The van der Waals surface area contributed by atoms with Crippen molar-refractivity contribution in [3.05, 3.63) is 28.8 Å². The third-order valence-corrected chi connectivity index (χ3v) is 4.37. The molecule has 122 valence electrons. The van der Waals surface area contributed by atoms with Gasteiger partial charge in [0, 0.05) is 35.8 Å². The zero-order valence-corrected chi connectivity index (χ0v) is 14.9. The number of hydrogen-bond acceptors (Lipinski definition) is 4. The van der Waals surface area contributed by atoms with E-state index in [0.717, 1.165) is 35.3 Å². The molecule has 5 heteroatoms. The molecule has 1 unspecified atom stereocenters. The number of rotatable bonds is 5. The Balaban J connectivity index is 2.00. The summed E-state index contributed by atoms with van der Waals surface area (Å²) in [7, 11) is 0. The van der Waals surface area contributed by atoms with Gasteiger partial charge in [0.1, 0.15) is 0 Å². The van der Waals surface area contributed by atoms with E-state index in [1.165, 1.54) is 0 Å². The molecular weight excluding hydrogens is 296 g/mol. The molecular formula is C17H27ClN4. The van der Waals surface area contributed by atoms with Gasteiger partial charge in [-0.15, -0.1) is 0 Å². The van der Waals surface area contributed by atoms with Gasteiger partial charge in [-0.2, -0.15) is 0 Å². The Kier molecular flexibility index (Phi) is 5.70. The first-order chi connectivity index (χ1) is 10.4. The van der Waals surface area contributed by atoms with E-state index in [-0.39, 0.29) is 6.04 Å². The average molecular weight is 323 g/mol. The molecule has 1 heterocycles. The standard InChI is InChI=1S/C17H27ClN4/c1-11(2)22(12(3)4)10-9-19-17-20-13(5)16-14(18)7-6-8-15(16)21-17/h6-8,11-13H,9-10H2,1-5H3,(H2,19,20,21). The van der Waals surface area contributed by atoms with Gasteiger partial charge < -0.3 is 10.6 Å². The van der Waals surface area contributed by atoms with Crippen LogP contribution >= 0.6 is 11.6 Å². The molecule has 22 heavy (non-hydrogen) atoms. The maximum atomic E-state index is 6.26. The van der Waals surface area contributed by atoms with E-state index in [1.807, 2.05) is 18.2 Å². The van der Waals surface area contributed by atoms with Gasteiger partial charge in [-0.25, -0.2) is 4.99 Å².